The Morgan fingerprint density at radius 3 is 2.93 bits per heavy atom. The number of nitrogens with one attached hydrogen (secondary N) is 1. The molecule has 0 aliphatic carbocycles. The lowest BCUT2D eigenvalue weighted by Crippen LogP contribution is -1.91. The molecule has 3 N–H and O–H groups in total. The summed E-state index contributed by atoms with van der Waals surface area (Å²) in [5.41, 5.74) is 7.35. The van der Waals surface area contributed by atoms with E-state index in [0.717, 1.165) is 15.7 Å². The van der Waals surface area contributed by atoms with Crippen LogP contribution in [0.3, 0.4) is 0 Å². The number of rotatable bonds is 2. The molecule has 0 bridgehead atoms. The normalized spacial score (nSPS) is 10.4. The van der Waals surface area contributed by atoms with Gasteiger partial charge in [-0.15, -0.1) is 0 Å². The van der Waals surface area contributed by atoms with Crippen molar-refractivity contribution in [2.45, 2.75) is 17.1 Å². The van der Waals surface area contributed by atoms with Crippen LogP contribution in [0.5, 0.6) is 0 Å². The average Bonchev–Trinajstić information content (AvgIpc) is 2.62. The molecule has 14 heavy (non-hydrogen) atoms. The molecule has 0 aliphatic heterocycles. The van der Waals surface area contributed by atoms with Crippen molar-refractivity contribution in [1.82, 2.24) is 15.0 Å². The SMILES string of the molecule is Cc1cc(N)cnc1Sc1ncc[nH]1. The van der Waals surface area contributed by atoms with E-state index in [0.29, 0.717) is 5.69 Å². The molecule has 2 aromatic heterocycles. The number of anilines is 1. The van der Waals surface area contributed by atoms with Gasteiger partial charge in [0.25, 0.3) is 0 Å². The summed E-state index contributed by atoms with van der Waals surface area (Å²) in [5.74, 6) is 0. The molecule has 4 nitrogen and oxygen atoms in total. The molecular weight excluding hydrogens is 196 g/mol. The van der Waals surface area contributed by atoms with Crippen molar-refractivity contribution in [2.75, 3.05) is 5.73 Å². The zero-order valence-electron chi connectivity index (χ0n) is 7.69. The number of hydrogen-bond acceptors (Lipinski definition) is 4. The maximum absolute atomic E-state index is 5.61. The number of hydrogen-bond donors (Lipinski definition) is 2. The Kier molecular flexibility index (Phi) is 2.41. The highest BCUT2D eigenvalue weighted by Crippen LogP contribution is 2.25. The number of nitrogen functional groups attached to an aromatic ring is 1. The highest BCUT2D eigenvalue weighted by molar-refractivity contribution is 7.99. The van der Waals surface area contributed by atoms with Gasteiger partial charge in [-0.2, -0.15) is 0 Å². The van der Waals surface area contributed by atoms with Gasteiger partial charge in [0.2, 0.25) is 0 Å². The van der Waals surface area contributed by atoms with E-state index in [1.807, 2.05) is 13.0 Å². The van der Waals surface area contributed by atoms with Crippen molar-refractivity contribution in [3.63, 3.8) is 0 Å². The minimum atomic E-state index is 0.686. The Hall–Kier alpha value is -1.49. The molecule has 2 rings (SSSR count). The molecule has 0 saturated carbocycles. The number of aryl methyl sites for hydroxylation is 1. The number of aromatic amines is 1. The van der Waals surface area contributed by atoms with Crippen molar-refractivity contribution < 1.29 is 0 Å². The minimum absolute atomic E-state index is 0.686. The molecule has 0 amide bonds. The molecule has 0 spiro atoms. The first-order valence-electron chi connectivity index (χ1n) is 4.15. The van der Waals surface area contributed by atoms with Crippen molar-refractivity contribution in [2.24, 2.45) is 0 Å². The standard InChI is InChI=1S/C9H10N4S/c1-6-4-7(10)5-13-8(6)14-9-11-2-3-12-9/h2-5H,10H2,1H3,(H,11,12). The molecule has 2 aromatic rings. The van der Waals surface area contributed by atoms with Crippen LogP contribution in [-0.4, -0.2) is 15.0 Å². The molecule has 0 radical (unpaired) electrons. The lowest BCUT2D eigenvalue weighted by Gasteiger charge is -2.02. The van der Waals surface area contributed by atoms with Crippen LogP contribution in [0.4, 0.5) is 5.69 Å². The number of imidazole rings is 1. The Morgan fingerprint density at radius 2 is 2.29 bits per heavy atom. The van der Waals surface area contributed by atoms with Gasteiger partial charge in [-0.05, 0) is 30.3 Å². The van der Waals surface area contributed by atoms with Crippen LogP contribution < -0.4 is 5.73 Å². The molecule has 0 aliphatic rings. The van der Waals surface area contributed by atoms with E-state index in [1.165, 1.54) is 11.8 Å². The number of nitrogens with zero attached hydrogens (tertiary/aromatic N) is 2. The Bertz CT molecular complexity index is 424. The summed E-state index contributed by atoms with van der Waals surface area (Å²) in [5, 5.41) is 1.76. The fourth-order valence-corrected chi connectivity index (χ4v) is 1.84. The lowest BCUT2D eigenvalue weighted by molar-refractivity contribution is 1.03. The third kappa shape index (κ3) is 1.88. The summed E-state index contributed by atoms with van der Waals surface area (Å²) in [4.78, 5) is 11.3. The summed E-state index contributed by atoms with van der Waals surface area (Å²) < 4.78 is 0. The molecular formula is C9H10N4S. The van der Waals surface area contributed by atoms with Gasteiger partial charge in [0, 0.05) is 12.4 Å². The zero-order valence-corrected chi connectivity index (χ0v) is 8.51. The topological polar surface area (TPSA) is 67.6 Å². The summed E-state index contributed by atoms with van der Waals surface area (Å²) in [6, 6.07) is 1.90. The van der Waals surface area contributed by atoms with Crippen LogP contribution in [0.1, 0.15) is 5.56 Å². The van der Waals surface area contributed by atoms with Crippen molar-refractivity contribution in [1.29, 1.82) is 0 Å². The quantitative estimate of drug-likeness (QED) is 0.786. The van der Waals surface area contributed by atoms with Gasteiger partial charge in [0.15, 0.2) is 5.16 Å². The second-order valence-corrected chi connectivity index (χ2v) is 3.86. The van der Waals surface area contributed by atoms with Gasteiger partial charge in [-0.1, -0.05) is 0 Å². The van der Waals surface area contributed by atoms with Crippen LogP contribution in [0.25, 0.3) is 0 Å². The summed E-state index contributed by atoms with van der Waals surface area (Å²) in [6.07, 6.45) is 5.15. The third-order valence-corrected chi connectivity index (χ3v) is 2.76. The second kappa shape index (κ2) is 3.71. The monoisotopic (exact) mass is 206 g/mol. The fourth-order valence-electron chi connectivity index (χ4n) is 1.09. The third-order valence-electron chi connectivity index (χ3n) is 1.72. The van der Waals surface area contributed by atoms with E-state index in [2.05, 4.69) is 15.0 Å². The Labute approximate surface area is 86.0 Å². The summed E-state index contributed by atoms with van der Waals surface area (Å²) >= 11 is 1.50. The molecule has 0 fully saturated rings. The lowest BCUT2D eigenvalue weighted by atomic mass is 10.3. The van der Waals surface area contributed by atoms with Crippen LogP contribution in [0.15, 0.2) is 34.8 Å². The van der Waals surface area contributed by atoms with Crippen LogP contribution >= 0.6 is 11.8 Å². The van der Waals surface area contributed by atoms with E-state index in [-0.39, 0.29) is 0 Å². The fraction of sp³-hybridized carbons (Fsp3) is 0.111. The van der Waals surface area contributed by atoms with E-state index < -0.39 is 0 Å². The molecule has 72 valence electrons. The van der Waals surface area contributed by atoms with Crippen molar-refractivity contribution >= 4 is 17.4 Å². The first kappa shape index (κ1) is 9.08. The average molecular weight is 206 g/mol. The second-order valence-electron chi connectivity index (χ2n) is 2.89. The number of nitrogens with two attached hydrogens (primary N) is 1. The number of pyridine rings is 1. The van der Waals surface area contributed by atoms with Crippen molar-refractivity contribution in [3.8, 4) is 0 Å². The molecule has 0 atom stereocenters. The largest absolute Gasteiger partial charge is 0.397 e. The van der Waals surface area contributed by atoms with E-state index in [4.69, 9.17) is 5.73 Å². The van der Waals surface area contributed by atoms with Gasteiger partial charge in [-0.3, -0.25) is 0 Å². The Morgan fingerprint density at radius 1 is 1.43 bits per heavy atom. The highest BCUT2D eigenvalue weighted by atomic mass is 32.2. The summed E-state index contributed by atoms with van der Waals surface area (Å²) in [6.45, 7) is 1.98. The highest BCUT2D eigenvalue weighted by Gasteiger charge is 2.04. The van der Waals surface area contributed by atoms with E-state index in [1.54, 1.807) is 18.6 Å². The minimum Gasteiger partial charge on any atom is -0.397 e. The predicted octanol–water partition coefficient (Wildman–Crippen LogP) is 1.85. The van der Waals surface area contributed by atoms with Crippen LogP contribution in [-0.2, 0) is 0 Å². The van der Waals surface area contributed by atoms with Gasteiger partial charge in [0.05, 0.1) is 11.9 Å². The molecule has 0 aromatic carbocycles. The van der Waals surface area contributed by atoms with Crippen LogP contribution in [0, 0.1) is 6.92 Å². The maximum atomic E-state index is 5.61. The Balaban J connectivity index is 2.25. The van der Waals surface area contributed by atoms with Gasteiger partial charge in [-0.25, -0.2) is 9.97 Å². The van der Waals surface area contributed by atoms with Gasteiger partial charge >= 0.3 is 0 Å². The number of H-pyrrole nitrogens is 1. The van der Waals surface area contributed by atoms with Gasteiger partial charge < -0.3 is 10.7 Å². The summed E-state index contributed by atoms with van der Waals surface area (Å²) in [7, 11) is 0. The smallest absolute Gasteiger partial charge is 0.171 e. The van der Waals surface area contributed by atoms with Crippen LogP contribution in [0.2, 0.25) is 0 Å². The first-order chi connectivity index (χ1) is 6.75. The maximum Gasteiger partial charge on any atom is 0.171 e. The first-order valence-corrected chi connectivity index (χ1v) is 4.97. The number of aromatic nitrogens is 3. The molecule has 2 heterocycles. The van der Waals surface area contributed by atoms with Crippen molar-refractivity contribution in [3.05, 3.63) is 30.2 Å². The molecule has 5 heteroatoms. The molecule has 0 unspecified atom stereocenters. The predicted molar refractivity (Wildman–Crippen MR) is 56.1 cm³/mol. The molecule has 0 saturated heterocycles. The van der Waals surface area contributed by atoms with E-state index in [9.17, 15) is 0 Å². The van der Waals surface area contributed by atoms with E-state index >= 15 is 0 Å². The zero-order chi connectivity index (χ0) is 9.97. The van der Waals surface area contributed by atoms with Gasteiger partial charge in [0.1, 0.15) is 5.03 Å².